The number of nitrogens with zero attached hydrogens (tertiary/aromatic N) is 2. The maximum atomic E-state index is 11.6. The number of carbonyl (C=O) groups is 1. The Bertz CT molecular complexity index is 450. The predicted molar refractivity (Wildman–Crippen MR) is 95.0 cm³/mol. The van der Waals surface area contributed by atoms with Gasteiger partial charge in [-0.1, -0.05) is 5.92 Å². The number of hydrogen-bond donors (Lipinski definition) is 1. The van der Waals surface area contributed by atoms with Crippen LogP contribution in [0.25, 0.3) is 0 Å². The third kappa shape index (κ3) is 4.87. The zero-order valence-corrected chi connectivity index (χ0v) is 15.3. The summed E-state index contributed by atoms with van der Waals surface area (Å²) in [4.78, 5) is 15.8. The lowest BCUT2D eigenvalue weighted by molar-refractivity contribution is 0.00293. The predicted octanol–water partition coefficient (Wildman–Crippen LogP) is 3.19. The van der Waals surface area contributed by atoms with Crippen LogP contribution in [0.5, 0.6) is 0 Å². The lowest BCUT2D eigenvalue weighted by atomic mass is 9.89. The van der Waals surface area contributed by atoms with Gasteiger partial charge < -0.3 is 19.6 Å². The Morgan fingerprint density at radius 2 is 1.79 bits per heavy atom. The molecule has 1 N–H and O–H groups in total. The molecule has 0 radical (unpaired) electrons. The number of piperidine rings is 1. The van der Waals surface area contributed by atoms with E-state index in [1.54, 1.807) is 4.90 Å². The van der Waals surface area contributed by atoms with Gasteiger partial charge in [-0.05, 0) is 59.3 Å². The summed E-state index contributed by atoms with van der Waals surface area (Å²) in [7, 11) is 0. The molecule has 0 aromatic rings. The molecule has 0 aromatic heterocycles. The number of rotatable bonds is 4. The van der Waals surface area contributed by atoms with E-state index < -0.39 is 6.09 Å². The zero-order valence-electron chi connectivity index (χ0n) is 15.3. The van der Waals surface area contributed by atoms with Gasteiger partial charge in [0.25, 0.3) is 0 Å². The Morgan fingerprint density at radius 1 is 1.21 bits per heavy atom. The summed E-state index contributed by atoms with van der Waals surface area (Å²) in [5, 5.41) is 9.56. The first-order valence-electron chi connectivity index (χ1n) is 9.14. The molecule has 1 aliphatic carbocycles. The van der Waals surface area contributed by atoms with Crippen LogP contribution in [0.4, 0.5) is 4.79 Å². The van der Waals surface area contributed by atoms with E-state index in [-0.39, 0.29) is 11.6 Å². The van der Waals surface area contributed by atoms with E-state index in [0.29, 0.717) is 18.8 Å². The molecule has 0 atom stereocenters. The highest BCUT2D eigenvalue weighted by molar-refractivity contribution is 5.66. The van der Waals surface area contributed by atoms with Gasteiger partial charge in [0.05, 0.1) is 6.10 Å². The van der Waals surface area contributed by atoms with Crippen molar-refractivity contribution in [1.29, 1.82) is 0 Å². The molecule has 2 aliphatic rings. The quantitative estimate of drug-likeness (QED) is 0.801. The second-order valence-electron chi connectivity index (χ2n) is 8.04. The Kier molecular flexibility index (Phi) is 6.54. The molecule has 0 aromatic carbocycles. The van der Waals surface area contributed by atoms with Crippen molar-refractivity contribution in [2.45, 2.75) is 83.0 Å². The number of terminal acetylenes is 1. The molecule has 2 rings (SSSR count). The van der Waals surface area contributed by atoms with Crippen molar-refractivity contribution >= 4 is 6.09 Å². The fourth-order valence-electron chi connectivity index (χ4n) is 4.24. The molecule has 5 heteroatoms. The molecule has 5 nitrogen and oxygen atoms in total. The summed E-state index contributed by atoms with van der Waals surface area (Å²) in [5.74, 6) is 2.54. The van der Waals surface area contributed by atoms with E-state index in [1.165, 1.54) is 0 Å². The number of carboxylic acid groups (broad SMARTS) is 1. The first kappa shape index (κ1) is 19.1. The van der Waals surface area contributed by atoms with Gasteiger partial charge in [-0.3, -0.25) is 0 Å². The minimum atomic E-state index is -0.799. The van der Waals surface area contributed by atoms with Gasteiger partial charge in [-0.15, -0.1) is 6.42 Å². The van der Waals surface area contributed by atoms with E-state index in [2.05, 4.69) is 10.8 Å². The minimum absolute atomic E-state index is 0.133. The Hall–Kier alpha value is -1.25. The van der Waals surface area contributed by atoms with Crippen LogP contribution in [0.2, 0.25) is 0 Å². The lowest BCUT2D eigenvalue weighted by Gasteiger charge is -2.46. The molecule has 0 bridgehead atoms. The zero-order chi connectivity index (χ0) is 17.7. The maximum Gasteiger partial charge on any atom is 0.407 e. The van der Waals surface area contributed by atoms with E-state index in [0.717, 1.165) is 51.6 Å². The van der Waals surface area contributed by atoms with Gasteiger partial charge in [-0.2, -0.15) is 0 Å². The Labute approximate surface area is 146 Å². The standard InChI is InChI=1S/C19H32N2O3/c1-5-14-24-17-8-6-15(7-9-17)20-12-10-16(11-13-20)21(18(22)23)19(2,3)4/h1,15-17H,6-14H2,2-4H3,(H,22,23). The Morgan fingerprint density at radius 3 is 2.25 bits per heavy atom. The molecular weight excluding hydrogens is 304 g/mol. The second kappa shape index (κ2) is 8.22. The number of amides is 1. The SMILES string of the molecule is C#CCOC1CCC(N2CCC(N(C(=O)O)C(C)(C)C)CC2)CC1. The van der Waals surface area contributed by atoms with Crippen LogP contribution in [-0.4, -0.2) is 64.4 Å². The molecule has 24 heavy (non-hydrogen) atoms. The topological polar surface area (TPSA) is 53.0 Å². The molecule has 1 saturated carbocycles. The second-order valence-corrected chi connectivity index (χ2v) is 8.04. The van der Waals surface area contributed by atoms with Gasteiger partial charge >= 0.3 is 6.09 Å². The van der Waals surface area contributed by atoms with Gasteiger partial charge in [0, 0.05) is 30.7 Å². The van der Waals surface area contributed by atoms with Crippen molar-refractivity contribution in [3.05, 3.63) is 0 Å². The van der Waals surface area contributed by atoms with Gasteiger partial charge in [0.2, 0.25) is 0 Å². The maximum absolute atomic E-state index is 11.6. The van der Waals surface area contributed by atoms with Crippen molar-refractivity contribution in [2.75, 3.05) is 19.7 Å². The van der Waals surface area contributed by atoms with Crippen molar-refractivity contribution < 1.29 is 14.6 Å². The summed E-state index contributed by atoms with van der Waals surface area (Å²) >= 11 is 0. The molecule has 1 amide bonds. The van der Waals surface area contributed by atoms with Crippen LogP contribution in [0, 0.1) is 12.3 Å². The van der Waals surface area contributed by atoms with Crippen LogP contribution < -0.4 is 0 Å². The van der Waals surface area contributed by atoms with Crippen molar-refractivity contribution in [1.82, 2.24) is 9.80 Å². The minimum Gasteiger partial charge on any atom is -0.465 e. The van der Waals surface area contributed by atoms with Crippen LogP contribution in [0.1, 0.15) is 59.3 Å². The highest BCUT2D eigenvalue weighted by Gasteiger charge is 2.36. The molecule has 0 spiro atoms. The molecule has 1 saturated heterocycles. The third-order valence-electron chi connectivity index (χ3n) is 5.36. The van der Waals surface area contributed by atoms with Gasteiger partial charge in [-0.25, -0.2) is 4.79 Å². The fourth-order valence-corrected chi connectivity index (χ4v) is 4.24. The first-order chi connectivity index (χ1) is 11.3. The molecule has 136 valence electrons. The summed E-state index contributed by atoms with van der Waals surface area (Å²) in [6.45, 7) is 8.33. The summed E-state index contributed by atoms with van der Waals surface area (Å²) in [5.41, 5.74) is -0.342. The van der Waals surface area contributed by atoms with Crippen LogP contribution in [0.3, 0.4) is 0 Å². The third-order valence-corrected chi connectivity index (χ3v) is 5.36. The Balaban J connectivity index is 1.81. The molecule has 2 fully saturated rings. The first-order valence-corrected chi connectivity index (χ1v) is 9.14. The van der Waals surface area contributed by atoms with Crippen LogP contribution in [-0.2, 0) is 4.74 Å². The van der Waals surface area contributed by atoms with Crippen molar-refractivity contribution in [2.24, 2.45) is 0 Å². The number of hydrogen-bond acceptors (Lipinski definition) is 3. The fraction of sp³-hybridized carbons (Fsp3) is 0.842. The average molecular weight is 336 g/mol. The molecule has 1 aliphatic heterocycles. The van der Waals surface area contributed by atoms with Gasteiger partial charge in [0.1, 0.15) is 6.61 Å². The highest BCUT2D eigenvalue weighted by Crippen LogP contribution is 2.30. The van der Waals surface area contributed by atoms with E-state index >= 15 is 0 Å². The summed E-state index contributed by atoms with van der Waals surface area (Å²) in [6, 6.07) is 0.749. The number of likely N-dealkylation sites (tertiary alicyclic amines) is 1. The lowest BCUT2D eigenvalue weighted by Crippen LogP contribution is -2.56. The van der Waals surface area contributed by atoms with Crippen molar-refractivity contribution in [3.8, 4) is 12.3 Å². The molecule has 1 heterocycles. The highest BCUT2D eigenvalue weighted by atomic mass is 16.5. The summed E-state index contributed by atoms with van der Waals surface area (Å²) in [6.07, 6.45) is 11.1. The normalized spacial score (nSPS) is 26.8. The smallest absolute Gasteiger partial charge is 0.407 e. The molecular formula is C19H32N2O3. The van der Waals surface area contributed by atoms with E-state index in [1.807, 2.05) is 20.8 Å². The van der Waals surface area contributed by atoms with Crippen molar-refractivity contribution in [3.63, 3.8) is 0 Å². The number of ether oxygens (including phenoxy) is 1. The molecule has 0 unspecified atom stereocenters. The van der Waals surface area contributed by atoms with Crippen LogP contribution in [0.15, 0.2) is 0 Å². The van der Waals surface area contributed by atoms with Crippen LogP contribution >= 0.6 is 0 Å². The van der Waals surface area contributed by atoms with E-state index in [9.17, 15) is 9.90 Å². The summed E-state index contributed by atoms with van der Waals surface area (Å²) < 4.78 is 5.65. The average Bonchev–Trinajstić information content (AvgIpc) is 2.52. The largest absolute Gasteiger partial charge is 0.465 e. The van der Waals surface area contributed by atoms with Gasteiger partial charge in [0.15, 0.2) is 0 Å². The monoisotopic (exact) mass is 336 g/mol. The van der Waals surface area contributed by atoms with E-state index in [4.69, 9.17) is 11.2 Å².